The van der Waals surface area contributed by atoms with E-state index in [0.717, 1.165) is 0 Å². The Balaban J connectivity index is 2.69. The molecule has 1 aromatic heterocycles. The average molecular weight is 263 g/mol. The second-order valence-electron chi connectivity index (χ2n) is 3.26. The van der Waals surface area contributed by atoms with Gasteiger partial charge in [0, 0.05) is 12.7 Å². The zero-order valence-corrected chi connectivity index (χ0v) is 10.2. The number of hydrogen-bond donors (Lipinski definition) is 2. The SMILES string of the molecule is CCC(O)CNC(=O)c1cc(Cl)ncc1Cl. The summed E-state index contributed by atoms with van der Waals surface area (Å²) in [5, 5.41) is 12.3. The van der Waals surface area contributed by atoms with Crippen LogP contribution in [0.1, 0.15) is 23.7 Å². The number of carbonyl (C=O) groups excluding carboxylic acids is 1. The van der Waals surface area contributed by atoms with Gasteiger partial charge in [-0.05, 0) is 12.5 Å². The Morgan fingerprint density at radius 2 is 2.31 bits per heavy atom. The van der Waals surface area contributed by atoms with Gasteiger partial charge in [0.1, 0.15) is 5.15 Å². The van der Waals surface area contributed by atoms with Crippen molar-refractivity contribution in [2.24, 2.45) is 0 Å². The number of aliphatic hydroxyl groups excluding tert-OH is 1. The molecule has 4 nitrogen and oxygen atoms in total. The fourth-order valence-corrected chi connectivity index (χ4v) is 1.38. The van der Waals surface area contributed by atoms with Crippen molar-refractivity contribution in [1.82, 2.24) is 10.3 Å². The molecule has 0 saturated carbocycles. The number of nitrogens with one attached hydrogen (secondary N) is 1. The number of halogens is 2. The first-order chi connectivity index (χ1) is 7.54. The van der Waals surface area contributed by atoms with Crippen LogP contribution in [0.15, 0.2) is 12.3 Å². The molecule has 0 bridgehead atoms. The van der Waals surface area contributed by atoms with Gasteiger partial charge < -0.3 is 10.4 Å². The number of rotatable bonds is 4. The third-order valence-electron chi connectivity index (χ3n) is 2.04. The van der Waals surface area contributed by atoms with Crippen LogP contribution >= 0.6 is 23.2 Å². The predicted octanol–water partition coefficient (Wildman–Crippen LogP) is 1.89. The molecular weight excluding hydrogens is 251 g/mol. The van der Waals surface area contributed by atoms with Crippen LogP contribution in [0.3, 0.4) is 0 Å². The van der Waals surface area contributed by atoms with Gasteiger partial charge in [-0.15, -0.1) is 0 Å². The average Bonchev–Trinajstić information content (AvgIpc) is 2.28. The second kappa shape index (κ2) is 6.03. The largest absolute Gasteiger partial charge is 0.391 e. The molecule has 0 fully saturated rings. The molecule has 16 heavy (non-hydrogen) atoms. The number of aliphatic hydroxyl groups is 1. The van der Waals surface area contributed by atoms with Crippen molar-refractivity contribution in [3.63, 3.8) is 0 Å². The quantitative estimate of drug-likeness (QED) is 0.815. The zero-order valence-electron chi connectivity index (χ0n) is 8.70. The molecule has 0 aromatic carbocycles. The minimum Gasteiger partial charge on any atom is -0.391 e. The molecule has 1 rings (SSSR count). The second-order valence-corrected chi connectivity index (χ2v) is 4.05. The summed E-state index contributed by atoms with van der Waals surface area (Å²) < 4.78 is 0. The summed E-state index contributed by atoms with van der Waals surface area (Å²) in [5.74, 6) is -0.373. The van der Waals surface area contributed by atoms with Crippen LogP contribution in [0.2, 0.25) is 10.2 Å². The first kappa shape index (κ1) is 13.2. The Kier molecular flexibility index (Phi) is 4.99. The molecule has 2 N–H and O–H groups in total. The lowest BCUT2D eigenvalue weighted by molar-refractivity contribution is 0.0914. The lowest BCUT2D eigenvalue weighted by Crippen LogP contribution is -2.31. The van der Waals surface area contributed by atoms with Crippen molar-refractivity contribution in [3.05, 3.63) is 28.0 Å². The summed E-state index contributed by atoms with van der Waals surface area (Å²) >= 11 is 11.4. The van der Waals surface area contributed by atoms with Crippen LogP contribution in [0, 0.1) is 0 Å². The molecule has 0 saturated heterocycles. The Morgan fingerprint density at radius 1 is 1.62 bits per heavy atom. The number of nitrogens with zero attached hydrogens (tertiary/aromatic N) is 1. The van der Waals surface area contributed by atoms with Gasteiger partial charge in [0.25, 0.3) is 5.91 Å². The minimum absolute atomic E-state index is 0.186. The van der Waals surface area contributed by atoms with Crippen LogP contribution in [-0.4, -0.2) is 28.6 Å². The van der Waals surface area contributed by atoms with Crippen molar-refractivity contribution in [2.75, 3.05) is 6.54 Å². The van der Waals surface area contributed by atoms with E-state index in [1.165, 1.54) is 12.3 Å². The molecular formula is C10H12Cl2N2O2. The maximum atomic E-state index is 11.6. The van der Waals surface area contributed by atoms with Crippen LogP contribution in [0.4, 0.5) is 0 Å². The fourth-order valence-electron chi connectivity index (χ4n) is 1.04. The number of aromatic nitrogens is 1. The first-order valence-corrected chi connectivity index (χ1v) is 5.57. The van der Waals surface area contributed by atoms with E-state index in [-0.39, 0.29) is 28.2 Å². The third-order valence-corrected chi connectivity index (χ3v) is 2.54. The van der Waals surface area contributed by atoms with Gasteiger partial charge in [0.15, 0.2) is 0 Å². The zero-order chi connectivity index (χ0) is 12.1. The summed E-state index contributed by atoms with van der Waals surface area (Å²) in [7, 11) is 0. The Hall–Kier alpha value is -0.840. The molecule has 0 radical (unpaired) electrons. The lowest BCUT2D eigenvalue weighted by Gasteiger charge is -2.10. The number of carbonyl (C=O) groups is 1. The van der Waals surface area contributed by atoms with Crippen molar-refractivity contribution in [3.8, 4) is 0 Å². The summed E-state index contributed by atoms with van der Waals surface area (Å²) in [6.07, 6.45) is 1.33. The minimum atomic E-state index is -0.556. The number of pyridine rings is 1. The maximum Gasteiger partial charge on any atom is 0.253 e. The first-order valence-electron chi connectivity index (χ1n) is 4.82. The molecule has 0 aliphatic rings. The smallest absolute Gasteiger partial charge is 0.253 e. The van der Waals surface area contributed by atoms with E-state index >= 15 is 0 Å². The van der Waals surface area contributed by atoms with Gasteiger partial charge in [0.05, 0.1) is 16.7 Å². The maximum absolute atomic E-state index is 11.6. The monoisotopic (exact) mass is 262 g/mol. The van der Waals surface area contributed by atoms with Crippen LogP contribution in [-0.2, 0) is 0 Å². The molecule has 1 unspecified atom stereocenters. The molecule has 0 spiro atoms. The van der Waals surface area contributed by atoms with Crippen LogP contribution in [0.5, 0.6) is 0 Å². The molecule has 1 atom stereocenters. The normalized spacial score (nSPS) is 12.2. The number of hydrogen-bond acceptors (Lipinski definition) is 3. The van der Waals surface area contributed by atoms with Crippen molar-refractivity contribution in [1.29, 1.82) is 0 Å². The summed E-state index contributed by atoms with van der Waals surface area (Å²) in [4.78, 5) is 15.4. The Morgan fingerprint density at radius 3 is 2.94 bits per heavy atom. The van der Waals surface area contributed by atoms with Gasteiger partial charge in [-0.3, -0.25) is 4.79 Å². The predicted molar refractivity (Wildman–Crippen MR) is 62.9 cm³/mol. The fraction of sp³-hybridized carbons (Fsp3) is 0.400. The van der Waals surface area contributed by atoms with Gasteiger partial charge >= 0.3 is 0 Å². The Labute approximate surface area is 104 Å². The van der Waals surface area contributed by atoms with Gasteiger partial charge in [-0.2, -0.15) is 0 Å². The number of amides is 1. The van der Waals surface area contributed by atoms with E-state index in [1.807, 2.05) is 6.92 Å². The molecule has 88 valence electrons. The van der Waals surface area contributed by atoms with E-state index in [0.29, 0.717) is 6.42 Å². The molecule has 1 heterocycles. The molecule has 1 amide bonds. The molecule has 0 aliphatic carbocycles. The van der Waals surface area contributed by atoms with E-state index in [2.05, 4.69) is 10.3 Å². The van der Waals surface area contributed by atoms with Crippen molar-refractivity contribution in [2.45, 2.75) is 19.4 Å². The highest BCUT2D eigenvalue weighted by atomic mass is 35.5. The standard InChI is InChI=1S/C10H12Cl2N2O2/c1-2-6(15)4-14-10(16)7-3-9(12)13-5-8(7)11/h3,5-6,15H,2,4H2,1H3,(H,14,16). The topological polar surface area (TPSA) is 62.2 Å². The molecule has 0 aliphatic heterocycles. The Bertz CT molecular complexity index is 385. The van der Waals surface area contributed by atoms with E-state index in [9.17, 15) is 9.90 Å². The summed E-state index contributed by atoms with van der Waals surface area (Å²) in [5.41, 5.74) is 0.255. The van der Waals surface area contributed by atoms with Gasteiger partial charge in [0.2, 0.25) is 0 Å². The van der Waals surface area contributed by atoms with Crippen LogP contribution in [0.25, 0.3) is 0 Å². The highest BCUT2D eigenvalue weighted by molar-refractivity contribution is 6.35. The highest BCUT2D eigenvalue weighted by Gasteiger charge is 2.12. The van der Waals surface area contributed by atoms with E-state index in [1.54, 1.807) is 0 Å². The van der Waals surface area contributed by atoms with E-state index in [4.69, 9.17) is 23.2 Å². The van der Waals surface area contributed by atoms with Crippen molar-refractivity contribution >= 4 is 29.1 Å². The molecule has 6 heteroatoms. The van der Waals surface area contributed by atoms with E-state index < -0.39 is 6.10 Å². The highest BCUT2D eigenvalue weighted by Crippen LogP contribution is 2.17. The third kappa shape index (κ3) is 3.63. The summed E-state index contributed by atoms with van der Waals surface area (Å²) in [6, 6.07) is 1.39. The van der Waals surface area contributed by atoms with Gasteiger partial charge in [-0.25, -0.2) is 4.98 Å². The van der Waals surface area contributed by atoms with Gasteiger partial charge in [-0.1, -0.05) is 30.1 Å². The lowest BCUT2D eigenvalue weighted by atomic mass is 10.2. The summed E-state index contributed by atoms with van der Waals surface area (Å²) in [6.45, 7) is 2.01. The molecule has 1 aromatic rings. The van der Waals surface area contributed by atoms with Crippen molar-refractivity contribution < 1.29 is 9.90 Å². The van der Waals surface area contributed by atoms with Crippen LogP contribution < -0.4 is 5.32 Å².